The molecule has 104 valence electrons. The number of carbonyl (C=O) groups is 2. The van der Waals surface area contributed by atoms with Crippen LogP contribution in [0.25, 0.3) is 0 Å². The summed E-state index contributed by atoms with van der Waals surface area (Å²) < 4.78 is 4.85. The lowest BCUT2D eigenvalue weighted by Gasteiger charge is -2.08. The minimum absolute atomic E-state index is 0.0722. The molecule has 0 fully saturated rings. The van der Waals surface area contributed by atoms with Gasteiger partial charge in [0.1, 0.15) is 5.75 Å². The first-order chi connectivity index (χ1) is 8.99. The van der Waals surface area contributed by atoms with Crippen molar-refractivity contribution in [3.05, 3.63) is 29.8 Å². The molecule has 0 saturated heterocycles. The summed E-state index contributed by atoms with van der Waals surface area (Å²) in [6.07, 6.45) is 0.887. The number of hydrogen-bond donors (Lipinski definition) is 2. The molecule has 0 bridgehead atoms. The molecule has 1 amide bonds. The topological polar surface area (TPSA) is 75.6 Å². The van der Waals surface area contributed by atoms with E-state index >= 15 is 0 Å². The van der Waals surface area contributed by atoms with Crippen LogP contribution in [0, 0.1) is 5.92 Å². The number of benzene rings is 1. The minimum Gasteiger partial charge on any atom is -0.508 e. The summed E-state index contributed by atoms with van der Waals surface area (Å²) >= 11 is 0. The van der Waals surface area contributed by atoms with Gasteiger partial charge >= 0.3 is 5.97 Å². The Morgan fingerprint density at radius 3 is 2.47 bits per heavy atom. The van der Waals surface area contributed by atoms with E-state index < -0.39 is 5.97 Å². The van der Waals surface area contributed by atoms with Crippen LogP contribution in [-0.4, -0.2) is 30.1 Å². The average Bonchev–Trinajstić information content (AvgIpc) is 2.36. The lowest BCUT2D eigenvalue weighted by atomic mass is 10.1. The summed E-state index contributed by atoms with van der Waals surface area (Å²) in [7, 11) is 0. The van der Waals surface area contributed by atoms with Crippen LogP contribution in [0.3, 0.4) is 0 Å². The second kappa shape index (κ2) is 7.41. The summed E-state index contributed by atoms with van der Waals surface area (Å²) in [4.78, 5) is 22.9. The highest BCUT2D eigenvalue weighted by Gasteiger charge is 2.09. The first kappa shape index (κ1) is 15.0. The Kier molecular flexibility index (Phi) is 5.85. The lowest BCUT2D eigenvalue weighted by Crippen LogP contribution is -2.30. The fraction of sp³-hybridized carbons (Fsp3) is 0.429. The predicted molar refractivity (Wildman–Crippen MR) is 70.9 cm³/mol. The fourth-order valence-electron chi connectivity index (χ4n) is 1.36. The first-order valence-electron chi connectivity index (χ1n) is 6.22. The van der Waals surface area contributed by atoms with E-state index in [4.69, 9.17) is 9.84 Å². The second-order valence-electron chi connectivity index (χ2n) is 4.66. The average molecular weight is 265 g/mol. The smallest absolute Gasteiger partial charge is 0.338 e. The summed E-state index contributed by atoms with van der Waals surface area (Å²) in [5.74, 6) is -0.311. The number of hydrogen-bond acceptors (Lipinski definition) is 4. The quantitative estimate of drug-likeness (QED) is 0.768. The maximum absolute atomic E-state index is 11.6. The third-order valence-electron chi connectivity index (χ3n) is 2.48. The zero-order valence-corrected chi connectivity index (χ0v) is 11.2. The number of esters is 1. The number of nitrogens with one attached hydrogen (secondary N) is 1. The molecular weight excluding hydrogens is 246 g/mol. The van der Waals surface area contributed by atoms with E-state index in [0.29, 0.717) is 18.0 Å². The molecule has 0 aliphatic rings. The van der Waals surface area contributed by atoms with Crippen molar-refractivity contribution in [2.45, 2.75) is 20.3 Å². The van der Waals surface area contributed by atoms with Crippen LogP contribution in [0.1, 0.15) is 30.6 Å². The molecule has 0 aliphatic carbocycles. The summed E-state index contributed by atoms with van der Waals surface area (Å²) in [5, 5.41) is 11.8. The maximum atomic E-state index is 11.6. The van der Waals surface area contributed by atoms with Crippen molar-refractivity contribution in [1.29, 1.82) is 0 Å². The van der Waals surface area contributed by atoms with Crippen molar-refractivity contribution >= 4 is 11.9 Å². The van der Waals surface area contributed by atoms with Crippen LogP contribution in [-0.2, 0) is 9.53 Å². The van der Waals surface area contributed by atoms with E-state index in [9.17, 15) is 9.59 Å². The second-order valence-corrected chi connectivity index (χ2v) is 4.66. The number of phenols is 1. The molecule has 0 heterocycles. The normalized spacial score (nSPS) is 10.3. The third-order valence-corrected chi connectivity index (χ3v) is 2.48. The number of amides is 1. The predicted octanol–water partition coefficient (Wildman–Crippen LogP) is 1.71. The van der Waals surface area contributed by atoms with E-state index in [-0.39, 0.29) is 18.3 Å². The molecule has 1 aromatic carbocycles. The van der Waals surface area contributed by atoms with E-state index in [1.54, 1.807) is 0 Å². The van der Waals surface area contributed by atoms with Gasteiger partial charge in [0.05, 0.1) is 5.56 Å². The minimum atomic E-state index is -0.584. The molecule has 1 rings (SSSR count). The van der Waals surface area contributed by atoms with Gasteiger partial charge in [-0.1, -0.05) is 13.8 Å². The van der Waals surface area contributed by atoms with Crippen molar-refractivity contribution in [3.8, 4) is 5.75 Å². The Bertz CT molecular complexity index is 426. The molecule has 5 heteroatoms. The number of carbonyl (C=O) groups excluding carboxylic acids is 2. The molecule has 0 aromatic heterocycles. The number of phenolic OH excluding ortho intramolecular Hbond substituents is 1. The Balaban J connectivity index is 2.30. The number of aromatic hydroxyl groups is 1. The molecule has 19 heavy (non-hydrogen) atoms. The van der Waals surface area contributed by atoms with Crippen LogP contribution < -0.4 is 5.32 Å². The van der Waals surface area contributed by atoms with Crippen LogP contribution in [0.2, 0.25) is 0 Å². The van der Waals surface area contributed by atoms with Gasteiger partial charge in [0.2, 0.25) is 0 Å². The van der Waals surface area contributed by atoms with Gasteiger partial charge in [-0.3, -0.25) is 4.79 Å². The number of rotatable bonds is 6. The molecule has 0 atom stereocenters. The van der Waals surface area contributed by atoms with Crippen molar-refractivity contribution in [2.75, 3.05) is 13.2 Å². The lowest BCUT2D eigenvalue weighted by molar-refractivity contribution is -0.124. The SMILES string of the molecule is CC(C)CCNC(=O)COC(=O)c1ccc(O)cc1. The first-order valence-corrected chi connectivity index (χ1v) is 6.22. The van der Waals surface area contributed by atoms with Gasteiger partial charge < -0.3 is 15.2 Å². The number of ether oxygens (including phenoxy) is 1. The van der Waals surface area contributed by atoms with Crippen LogP contribution in [0.15, 0.2) is 24.3 Å². The Labute approximate surface area is 112 Å². The summed E-state index contributed by atoms with van der Waals surface area (Å²) in [5.41, 5.74) is 0.299. The highest BCUT2D eigenvalue weighted by Crippen LogP contribution is 2.10. The molecule has 0 aliphatic heterocycles. The van der Waals surface area contributed by atoms with Gasteiger partial charge in [-0.15, -0.1) is 0 Å². The highest BCUT2D eigenvalue weighted by molar-refractivity contribution is 5.91. The van der Waals surface area contributed by atoms with Gasteiger partial charge in [-0.25, -0.2) is 4.79 Å². The standard InChI is InChI=1S/C14H19NO4/c1-10(2)7-8-15-13(17)9-19-14(18)11-3-5-12(16)6-4-11/h3-6,10,16H,7-9H2,1-2H3,(H,15,17). The molecule has 5 nitrogen and oxygen atoms in total. The molecule has 0 unspecified atom stereocenters. The van der Waals surface area contributed by atoms with Gasteiger partial charge in [-0.2, -0.15) is 0 Å². The van der Waals surface area contributed by atoms with Crippen molar-refractivity contribution in [1.82, 2.24) is 5.32 Å². The Morgan fingerprint density at radius 2 is 1.89 bits per heavy atom. The largest absolute Gasteiger partial charge is 0.508 e. The summed E-state index contributed by atoms with van der Waals surface area (Å²) in [6.45, 7) is 4.42. The zero-order chi connectivity index (χ0) is 14.3. The molecule has 1 aromatic rings. The van der Waals surface area contributed by atoms with Gasteiger partial charge in [0.25, 0.3) is 5.91 Å². The van der Waals surface area contributed by atoms with E-state index in [0.717, 1.165) is 6.42 Å². The molecule has 0 radical (unpaired) electrons. The monoisotopic (exact) mass is 265 g/mol. The Hall–Kier alpha value is -2.04. The van der Waals surface area contributed by atoms with Crippen molar-refractivity contribution in [3.63, 3.8) is 0 Å². The zero-order valence-electron chi connectivity index (χ0n) is 11.2. The third kappa shape index (κ3) is 5.90. The van der Waals surface area contributed by atoms with Gasteiger partial charge in [0.15, 0.2) is 6.61 Å². The Morgan fingerprint density at radius 1 is 1.26 bits per heavy atom. The molecule has 2 N–H and O–H groups in total. The van der Waals surface area contributed by atoms with E-state index in [2.05, 4.69) is 19.2 Å². The molecule has 0 spiro atoms. The van der Waals surface area contributed by atoms with Crippen molar-refractivity contribution < 1.29 is 19.4 Å². The highest BCUT2D eigenvalue weighted by atomic mass is 16.5. The summed E-state index contributed by atoms with van der Waals surface area (Å²) in [6, 6.07) is 5.65. The fourth-order valence-corrected chi connectivity index (χ4v) is 1.36. The van der Waals surface area contributed by atoms with Crippen molar-refractivity contribution in [2.24, 2.45) is 5.92 Å². The van der Waals surface area contributed by atoms with Crippen LogP contribution in [0.4, 0.5) is 0 Å². The van der Waals surface area contributed by atoms with Crippen LogP contribution >= 0.6 is 0 Å². The maximum Gasteiger partial charge on any atom is 0.338 e. The van der Waals surface area contributed by atoms with Crippen LogP contribution in [0.5, 0.6) is 5.75 Å². The molecular formula is C14H19NO4. The van der Waals surface area contributed by atoms with E-state index in [1.807, 2.05) is 0 Å². The van der Waals surface area contributed by atoms with Gasteiger partial charge in [0, 0.05) is 6.54 Å². The van der Waals surface area contributed by atoms with Gasteiger partial charge in [-0.05, 0) is 36.6 Å². The molecule has 0 saturated carbocycles. The van der Waals surface area contributed by atoms with E-state index in [1.165, 1.54) is 24.3 Å².